The van der Waals surface area contributed by atoms with E-state index in [1.165, 1.54) is 6.07 Å². The van der Waals surface area contributed by atoms with Gasteiger partial charge >= 0.3 is 0 Å². The fraction of sp³-hybridized carbons (Fsp3) is 0.375. The number of H-pyrrole nitrogens is 1. The highest BCUT2D eigenvalue weighted by Gasteiger charge is 2.03. The Kier molecular flexibility index (Phi) is 2.10. The number of nitrogens with one attached hydrogen (secondary N) is 1. The van der Waals surface area contributed by atoms with Crippen molar-refractivity contribution >= 4 is 0 Å². The molecule has 1 heterocycles. The monoisotopic (exact) mass is 153 g/mol. The zero-order valence-electron chi connectivity index (χ0n) is 6.59. The molecule has 0 fully saturated rings. The van der Waals surface area contributed by atoms with Gasteiger partial charge in [0.2, 0.25) is 5.56 Å². The van der Waals surface area contributed by atoms with Crippen LogP contribution in [0.5, 0.6) is 0 Å². The van der Waals surface area contributed by atoms with Crippen molar-refractivity contribution in [3.63, 3.8) is 0 Å². The van der Waals surface area contributed by atoms with Gasteiger partial charge in [0.05, 0.1) is 6.10 Å². The van der Waals surface area contributed by atoms with E-state index >= 15 is 0 Å². The van der Waals surface area contributed by atoms with Gasteiger partial charge in [-0.25, -0.2) is 0 Å². The second-order valence-electron chi connectivity index (χ2n) is 2.61. The summed E-state index contributed by atoms with van der Waals surface area (Å²) in [5.41, 5.74) is 1.46. The van der Waals surface area contributed by atoms with E-state index in [1.54, 1.807) is 20.0 Å². The van der Waals surface area contributed by atoms with Crippen molar-refractivity contribution in [3.8, 4) is 0 Å². The molecule has 1 atom stereocenters. The number of aliphatic hydroxyl groups is 1. The fourth-order valence-corrected chi connectivity index (χ4v) is 1.03. The third kappa shape index (κ3) is 1.68. The summed E-state index contributed by atoms with van der Waals surface area (Å²) in [5.74, 6) is 0. The minimum atomic E-state index is -0.521. The molecule has 2 N–H and O–H groups in total. The second-order valence-corrected chi connectivity index (χ2v) is 2.61. The molecular weight excluding hydrogens is 142 g/mol. The van der Waals surface area contributed by atoms with E-state index in [-0.39, 0.29) is 5.56 Å². The number of hydrogen-bond acceptors (Lipinski definition) is 2. The Labute approximate surface area is 64.7 Å². The van der Waals surface area contributed by atoms with Gasteiger partial charge in [0, 0.05) is 12.3 Å². The molecule has 0 aliphatic heterocycles. The first-order valence-corrected chi connectivity index (χ1v) is 3.48. The van der Waals surface area contributed by atoms with E-state index < -0.39 is 6.10 Å². The van der Waals surface area contributed by atoms with Crippen LogP contribution in [0, 0.1) is 6.92 Å². The van der Waals surface area contributed by atoms with Crippen LogP contribution >= 0.6 is 0 Å². The molecule has 0 aliphatic carbocycles. The Morgan fingerprint density at radius 3 is 2.73 bits per heavy atom. The Bertz CT molecular complexity index is 301. The summed E-state index contributed by atoms with van der Waals surface area (Å²) in [5, 5.41) is 9.17. The molecule has 0 spiro atoms. The molecule has 0 bridgehead atoms. The van der Waals surface area contributed by atoms with Crippen LogP contribution in [0.25, 0.3) is 0 Å². The van der Waals surface area contributed by atoms with E-state index in [2.05, 4.69) is 4.98 Å². The van der Waals surface area contributed by atoms with Gasteiger partial charge in [0.25, 0.3) is 0 Å². The molecule has 3 heteroatoms. The van der Waals surface area contributed by atoms with Crippen LogP contribution < -0.4 is 5.56 Å². The van der Waals surface area contributed by atoms with Gasteiger partial charge in [-0.15, -0.1) is 0 Å². The predicted octanol–water partition coefficient (Wildman–Crippen LogP) is 0.737. The van der Waals surface area contributed by atoms with Crippen LogP contribution in [0.1, 0.15) is 24.2 Å². The summed E-state index contributed by atoms with van der Waals surface area (Å²) in [6.45, 7) is 3.47. The van der Waals surface area contributed by atoms with Gasteiger partial charge in [0.15, 0.2) is 0 Å². The zero-order chi connectivity index (χ0) is 8.43. The summed E-state index contributed by atoms with van der Waals surface area (Å²) in [6, 6.07) is 1.47. The summed E-state index contributed by atoms with van der Waals surface area (Å²) < 4.78 is 0. The lowest BCUT2D eigenvalue weighted by molar-refractivity contribution is 0.198. The number of rotatable bonds is 1. The lowest BCUT2D eigenvalue weighted by Gasteiger charge is -2.06. The van der Waals surface area contributed by atoms with Gasteiger partial charge in [-0.2, -0.15) is 0 Å². The molecule has 1 rings (SSSR count). The maximum atomic E-state index is 10.7. The van der Waals surface area contributed by atoms with E-state index in [4.69, 9.17) is 0 Å². The summed E-state index contributed by atoms with van der Waals surface area (Å²) in [6.07, 6.45) is 1.02. The quantitative estimate of drug-likeness (QED) is 0.625. The summed E-state index contributed by atoms with van der Waals surface area (Å²) in [4.78, 5) is 13.2. The minimum absolute atomic E-state index is 0.132. The lowest BCUT2D eigenvalue weighted by atomic mass is 10.1. The van der Waals surface area contributed by atoms with Crippen molar-refractivity contribution in [2.45, 2.75) is 20.0 Å². The third-order valence-corrected chi connectivity index (χ3v) is 1.62. The number of hydrogen-bond donors (Lipinski definition) is 2. The molecule has 0 unspecified atom stereocenters. The number of aromatic amines is 1. The molecule has 1 aromatic rings. The average molecular weight is 153 g/mol. The second kappa shape index (κ2) is 2.88. The Balaban J connectivity index is 3.20. The standard InChI is InChI=1S/C8H11NO2/c1-5-3-8(11)9-4-7(5)6(2)10/h3-4,6,10H,1-2H3,(H,9,11)/t6-/m0/s1. The van der Waals surface area contributed by atoms with E-state index in [1.807, 2.05) is 0 Å². The maximum Gasteiger partial charge on any atom is 0.248 e. The minimum Gasteiger partial charge on any atom is -0.389 e. The SMILES string of the molecule is Cc1cc(=O)[nH]cc1[C@H](C)O. The Hall–Kier alpha value is -1.09. The smallest absolute Gasteiger partial charge is 0.248 e. The first kappa shape index (κ1) is 8.01. The van der Waals surface area contributed by atoms with Crippen LogP contribution in [0.3, 0.4) is 0 Å². The molecule has 0 saturated carbocycles. The van der Waals surface area contributed by atoms with E-state index in [0.717, 1.165) is 11.1 Å². The van der Waals surface area contributed by atoms with Crippen molar-refractivity contribution in [1.29, 1.82) is 0 Å². The van der Waals surface area contributed by atoms with Gasteiger partial charge in [-0.3, -0.25) is 4.79 Å². The third-order valence-electron chi connectivity index (χ3n) is 1.62. The fourth-order valence-electron chi connectivity index (χ4n) is 1.03. The number of pyridine rings is 1. The number of aromatic nitrogens is 1. The van der Waals surface area contributed by atoms with Crippen LogP contribution in [0.15, 0.2) is 17.1 Å². The van der Waals surface area contributed by atoms with Crippen molar-refractivity contribution in [1.82, 2.24) is 4.98 Å². The van der Waals surface area contributed by atoms with Gasteiger partial charge in [-0.05, 0) is 25.0 Å². The van der Waals surface area contributed by atoms with Crippen molar-refractivity contribution in [2.24, 2.45) is 0 Å². The molecule has 1 aromatic heterocycles. The number of aliphatic hydroxyl groups excluding tert-OH is 1. The van der Waals surface area contributed by atoms with Gasteiger partial charge in [-0.1, -0.05) is 0 Å². The van der Waals surface area contributed by atoms with E-state index in [0.29, 0.717) is 0 Å². The number of aryl methyl sites for hydroxylation is 1. The zero-order valence-corrected chi connectivity index (χ0v) is 6.59. The Morgan fingerprint density at radius 2 is 2.27 bits per heavy atom. The molecule has 11 heavy (non-hydrogen) atoms. The first-order chi connectivity index (χ1) is 5.11. The molecule has 0 radical (unpaired) electrons. The topological polar surface area (TPSA) is 53.1 Å². The molecule has 3 nitrogen and oxygen atoms in total. The average Bonchev–Trinajstić information content (AvgIpc) is 1.85. The van der Waals surface area contributed by atoms with Crippen LogP contribution in [-0.2, 0) is 0 Å². The molecule has 60 valence electrons. The van der Waals surface area contributed by atoms with Gasteiger partial charge < -0.3 is 10.1 Å². The van der Waals surface area contributed by atoms with Crippen molar-refractivity contribution in [3.05, 3.63) is 33.7 Å². The molecule has 0 saturated heterocycles. The predicted molar refractivity (Wildman–Crippen MR) is 42.4 cm³/mol. The highest BCUT2D eigenvalue weighted by atomic mass is 16.3. The van der Waals surface area contributed by atoms with Crippen LogP contribution in [-0.4, -0.2) is 10.1 Å². The van der Waals surface area contributed by atoms with Crippen molar-refractivity contribution in [2.75, 3.05) is 0 Å². The van der Waals surface area contributed by atoms with E-state index in [9.17, 15) is 9.90 Å². The maximum absolute atomic E-state index is 10.7. The highest BCUT2D eigenvalue weighted by Crippen LogP contribution is 2.12. The van der Waals surface area contributed by atoms with Crippen LogP contribution in [0.4, 0.5) is 0 Å². The van der Waals surface area contributed by atoms with Gasteiger partial charge in [0.1, 0.15) is 0 Å². The highest BCUT2D eigenvalue weighted by molar-refractivity contribution is 5.22. The van der Waals surface area contributed by atoms with Crippen molar-refractivity contribution < 1.29 is 5.11 Å². The Morgan fingerprint density at radius 1 is 1.64 bits per heavy atom. The normalized spacial score (nSPS) is 13.0. The summed E-state index contributed by atoms with van der Waals surface area (Å²) >= 11 is 0. The lowest BCUT2D eigenvalue weighted by Crippen LogP contribution is -2.07. The molecule has 0 aliphatic rings. The molecule has 0 aromatic carbocycles. The largest absolute Gasteiger partial charge is 0.389 e. The van der Waals surface area contributed by atoms with Crippen LogP contribution in [0.2, 0.25) is 0 Å². The molecule has 0 amide bonds. The molecular formula is C8H11NO2. The summed E-state index contributed by atoms with van der Waals surface area (Å²) in [7, 11) is 0. The first-order valence-electron chi connectivity index (χ1n) is 3.48.